The standard InChI is InChI=1S/C12H10BrN3O3/c1-7-5-6-14-12(10(7)16(17)18)19-9-4-3-8(2)15-11(9)13/h3-6H,1-2H3. The van der Waals surface area contributed by atoms with Gasteiger partial charge in [0.05, 0.1) is 4.92 Å². The van der Waals surface area contributed by atoms with E-state index < -0.39 is 4.92 Å². The summed E-state index contributed by atoms with van der Waals surface area (Å²) in [6.07, 6.45) is 1.47. The van der Waals surface area contributed by atoms with Crippen LogP contribution in [0.15, 0.2) is 29.0 Å². The van der Waals surface area contributed by atoms with E-state index in [2.05, 4.69) is 25.9 Å². The van der Waals surface area contributed by atoms with E-state index >= 15 is 0 Å². The van der Waals surface area contributed by atoms with Crippen LogP contribution in [0.5, 0.6) is 11.6 Å². The molecule has 0 spiro atoms. The highest BCUT2D eigenvalue weighted by Crippen LogP contribution is 2.34. The number of aromatic nitrogens is 2. The van der Waals surface area contributed by atoms with Gasteiger partial charge in [-0.05, 0) is 48.0 Å². The van der Waals surface area contributed by atoms with Gasteiger partial charge in [0, 0.05) is 17.5 Å². The average Bonchev–Trinajstić information content (AvgIpc) is 2.32. The maximum atomic E-state index is 11.0. The summed E-state index contributed by atoms with van der Waals surface area (Å²) in [5.74, 6) is 0.336. The highest BCUT2D eigenvalue weighted by atomic mass is 79.9. The molecule has 7 heteroatoms. The molecule has 2 rings (SSSR count). The molecule has 0 aliphatic rings. The topological polar surface area (TPSA) is 78.2 Å². The van der Waals surface area contributed by atoms with Crippen molar-refractivity contribution in [2.24, 2.45) is 0 Å². The molecule has 0 aliphatic carbocycles. The molecule has 0 atom stereocenters. The Balaban J connectivity index is 2.44. The van der Waals surface area contributed by atoms with Crippen molar-refractivity contribution in [3.8, 4) is 11.6 Å². The Morgan fingerprint density at radius 3 is 2.68 bits per heavy atom. The number of ether oxygens (including phenoxy) is 1. The van der Waals surface area contributed by atoms with Gasteiger partial charge in [-0.25, -0.2) is 9.97 Å². The second-order valence-electron chi connectivity index (χ2n) is 3.88. The fourth-order valence-corrected chi connectivity index (χ4v) is 2.01. The third-order valence-corrected chi connectivity index (χ3v) is 3.00. The predicted molar refractivity (Wildman–Crippen MR) is 72.4 cm³/mol. The van der Waals surface area contributed by atoms with Crippen LogP contribution in [-0.4, -0.2) is 14.9 Å². The lowest BCUT2D eigenvalue weighted by atomic mass is 10.2. The fourth-order valence-electron chi connectivity index (χ4n) is 1.51. The van der Waals surface area contributed by atoms with Crippen LogP contribution in [0, 0.1) is 24.0 Å². The normalized spacial score (nSPS) is 10.3. The van der Waals surface area contributed by atoms with Crippen molar-refractivity contribution in [1.82, 2.24) is 9.97 Å². The van der Waals surface area contributed by atoms with E-state index in [4.69, 9.17) is 4.74 Å². The first-order valence-corrected chi connectivity index (χ1v) is 6.19. The first-order chi connectivity index (χ1) is 8.99. The van der Waals surface area contributed by atoms with Crippen LogP contribution < -0.4 is 4.74 Å². The smallest absolute Gasteiger partial charge is 0.334 e. The Bertz CT molecular complexity index is 646. The van der Waals surface area contributed by atoms with Crippen molar-refractivity contribution in [2.45, 2.75) is 13.8 Å². The van der Waals surface area contributed by atoms with Crippen molar-refractivity contribution in [3.63, 3.8) is 0 Å². The molecule has 0 radical (unpaired) electrons. The summed E-state index contributed by atoms with van der Waals surface area (Å²) in [5.41, 5.74) is 1.16. The molecule has 0 amide bonds. The molecule has 0 saturated carbocycles. The number of nitrogens with zero attached hydrogens (tertiary/aromatic N) is 3. The molecular weight excluding hydrogens is 314 g/mol. The van der Waals surface area contributed by atoms with E-state index in [-0.39, 0.29) is 11.6 Å². The Morgan fingerprint density at radius 2 is 2.05 bits per heavy atom. The van der Waals surface area contributed by atoms with Crippen molar-refractivity contribution in [2.75, 3.05) is 0 Å². The van der Waals surface area contributed by atoms with Crippen molar-refractivity contribution >= 4 is 21.6 Å². The van der Waals surface area contributed by atoms with Crippen molar-refractivity contribution < 1.29 is 9.66 Å². The summed E-state index contributed by atoms with van der Waals surface area (Å²) in [7, 11) is 0. The minimum atomic E-state index is -0.507. The van der Waals surface area contributed by atoms with Gasteiger partial charge in [-0.15, -0.1) is 0 Å². The monoisotopic (exact) mass is 323 g/mol. The van der Waals surface area contributed by atoms with Gasteiger partial charge in [0.1, 0.15) is 4.60 Å². The molecule has 0 N–H and O–H groups in total. The Kier molecular flexibility index (Phi) is 3.75. The van der Waals surface area contributed by atoms with Gasteiger partial charge in [0.2, 0.25) is 0 Å². The summed E-state index contributed by atoms with van der Waals surface area (Å²) in [6, 6.07) is 5.00. The molecule has 2 aromatic rings. The highest BCUT2D eigenvalue weighted by Gasteiger charge is 2.21. The molecule has 0 saturated heterocycles. The quantitative estimate of drug-likeness (QED) is 0.490. The summed E-state index contributed by atoms with van der Waals surface area (Å²) < 4.78 is 5.95. The van der Waals surface area contributed by atoms with Gasteiger partial charge in [0.25, 0.3) is 5.88 Å². The van der Waals surface area contributed by atoms with Gasteiger partial charge in [0.15, 0.2) is 5.75 Å². The van der Waals surface area contributed by atoms with Gasteiger partial charge >= 0.3 is 5.69 Å². The molecule has 98 valence electrons. The first kappa shape index (κ1) is 13.4. The van der Waals surface area contributed by atoms with Crippen LogP contribution in [-0.2, 0) is 0 Å². The van der Waals surface area contributed by atoms with Crippen molar-refractivity contribution in [3.05, 3.63) is 50.4 Å². The minimum absolute atomic E-state index is 0.0450. The van der Waals surface area contributed by atoms with Crippen molar-refractivity contribution in [1.29, 1.82) is 0 Å². The van der Waals surface area contributed by atoms with Crippen LogP contribution in [0.2, 0.25) is 0 Å². The number of aryl methyl sites for hydroxylation is 2. The molecule has 2 aromatic heterocycles. The molecule has 2 heterocycles. The highest BCUT2D eigenvalue weighted by molar-refractivity contribution is 9.10. The second kappa shape index (κ2) is 5.31. The SMILES string of the molecule is Cc1ccc(Oc2nccc(C)c2[N+](=O)[O-])c(Br)n1. The number of pyridine rings is 2. The zero-order valence-corrected chi connectivity index (χ0v) is 11.8. The van der Waals surface area contributed by atoms with Crippen LogP contribution >= 0.6 is 15.9 Å². The molecule has 0 bridgehead atoms. The number of halogens is 1. The Morgan fingerprint density at radius 1 is 1.32 bits per heavy atom. The molecule has 6 nitrogen and oxygen atoms in total. The molecule has 19 heavy (non-hydrogen) atoms. The minimum Gasteiger partial charge on any atom is -0.431 e. The Hall–Kier alpha value is -2.02. The summed E-state index contributed by atoms with van der Waals surface area (Å²) >= 11 is 3.25. The molecule has 0 aromatic carbocycles. The molecule has 0 unspecified atom stereocenters. The first-order valence-electron chi connectivity index (χ1n) is 5.40. The maximum Gasteiger partial charge on any atom is 0.334 e. The van der Waals surface area contributed by atoms with E-state index in [1.807, 2.05) is 6.92 Å². The largest absolute Gasteiger partial charge is 0.431 e. The van der Waals surface area contributed by atoms with E-state index in [0.717, 1.165) is 5.69 Å². The lowest BCUT2D eigenvalue weighted by Gasteiger charge is -2.08. The van der Waals surface area contributed by atoms with E-state index in [1.54, 1.807) is 25.1 Å². The van der Waals surface area contributed by atoms with Crippen LogP contribution in [0.1, 0.15) is 11.3 Å². The Labute approximate surface area is 117 Å². The third kappa shape index (κ3) is 2.87. The molecule has 0 fully saturated rings. The maximum absolute atomic E-state index is 11.0. The zero-order valence-electron chi connectivity index (χ0n) is 10.3. The van der Waals surface area contributed by atoms with Gasteiger partial charge in [-0.1, -0.05) is 0 Å². The number of rotatable bonds is 3. The molecule has 0 aliphatic heterocycles. The second-order valence-corrected chi connectivity index (χ2v) is 4.63. The number of nitro groups is 1. The lowest BCUT2D eigenvalue weighted by molar-refractivity contribution is -0.386. The number of hydrogen-bond donors (Lipinski definition) is 0. The zero-order chi connectivity index (χ0) is 14.0. The number of hydrogen-bond acceptors (Lipinski definition) is 5. The summed E-state index contributed by atoms with van der Waals surface area (Å²) in [6.45, 7) is 3.47. The third-order valence-electron chi connectivity index (χ3n) is 2.44. The van der Waals surface area contributed by atoms with Gasteiger partial charge in [-0.2, -0.15) is 0 Å². The van der Waals surface area contributed by atoms with Crippen LogP contribution in [0.3, 0.4) is 0 Å². The predicted octanol–water partition coefficient (Wildman–Crippen LogP) is 3.56. The van der Waals surface area contributed by atoms with E-state index in [9.17, 15) is 10.1 Å². The van der Waals surface area contributed by atoms with Crippen LogP contribution in [0.4, 0.5) is 5.69 Å². The lowest BCUT2D eigenvalue weighted by Crippen LogP contribution is -1.99. The fraction of sp³-hybridized carbons (Fsp3) is 0.167. The average molecular weight is 324 g/mol. The van der Waals surface area contributed by atoms with Crippen LogP contribution in [0.25, 0.3) is 0 Å². The van der Waals surface area contributed by atoms with E-state index in [1.165, 1.54) is 6.20 Å². The summed E-state index contributed by atoms with van der Waals surface area (Å²) in [4.78, 5) is 18.6. The molecular formula is C12H10BrN3O3. The van der Waals surface area contributed by atoms with Gasteiger partial charge in [-0.3, -0.25) is 10.1 Å². The summed E-state index contributed by atoms with van der Waals surface area (Å²) in [5, 5.41) is 11.0. The van der Waals surface area contributed by atoms with Gasteiger partial charge < -0.3 is 4.74 Å². The van der Waals surface area contributed by atoms with E-state index in [0.29, 0.717) is 15.9 Å².